The maximum absolute atomic E-state index is 12.9. The summed E-state index contributed by atoms with van der Waals surface area (Å²) in [5.41, 5.74) is -0.189. The number of rotatable bonds is 2. The van der Waals surface area contributed by atoms with Crippen LogP contribution in [0, 0.1) is 0 Å². The Bertz CT molecular complexity index is 904. The van der Waals surface area contributed by atoms with E-state index >= 15 is 0 Å². The fourth-order valence-corrected chi connectivity index (χ4v) is 3.21. The number of carbonyl (C=O) groups is 2. The molecule has 1 aliphatic heterocycles. The topological polar surface area (TPSA) is 52.7 Å². The second-order valence-electron chi connectivity index (χ2n) is 6.35. The zero-order valence-electron chi connectivity index (χ0n) is 14.8. The molecule has 3 amide bonds. The van der Waals surface area contributed by atoms with Crippen molar-refractivity contribution in [2.75, 3.05) is 23.3 Å². The molecule has 5 nitrogen and oxygen atoms in total. The Hall–Kier alpha value is -2.74. The van der Waals surface area contributed by atoms with E-state index in [0.717, 1.165) is 12.1 Å². The van der Waals surface area contributed by atoms with Gasteiger partial charge in [-0.15, -0.1) is 0 Å². The third-order valence-electron chi connectivity index (χ3n) is 4.48. The maximum atomic E-state index is 12.9. The van der Waals surface area contributed by atoms with E-state index in [9.17, 15) is 22.8 Å². The second-order valence-corrected chi connectivity index (χ2v) is 6.78. The molecule has 1 N–H and O–H groups in total. The van der Waals surface area contributed by atoms with E-state index in [2.05, 4.69) is 5.32 Å². The van der Waals surface area contributed by atoms with Crippen molar-refractivity contribution in [3.63, 3.8) is 0 Å². The largest absolute Gasteiger partial charge is 0.416 e. The third-order valence-corrected chi connectivity index (χ3v) is 4.71. The highest BCUT2D eigenvalue weighted by molar-refractivity contribution is 6.30. The highest BCUT2D eigenvalue weighted by Gasteiger charge is 2.36. The van der Waals surface area contributed by atoms with E-state index in [-0.39, 0.29) is 18.8 Å². The normalized spacial score (nSPS) is 17.6. The summed E-state index contributed by atoms with van der Waals surface area (Å²) < 4.78 is 38.8. The van der Waals surface area contributed by atoms with Gasteiger partial charge in [0.05, 0.1) is 5.56 Å². The van der Waals surface area contributed by atoms with Gasteiger partial charge in [0.1, 0.15) is 6.04 Å². The molecule has 0 aliphatic carbocycles. The van der Waals surface area contributed by atoms with Gasteiger partial charge in [0.25, 0.3) is 0 Å². The summed E-state index contributed by atoms with van der Waals surface area (Å²) in [6, 6.07) is 9.86. The van der Waals surface area contributed by atoms with E-state index in [1.165, 1.54) is 21.9 Å². The molecule has 9 heteroatoms. The number of halogens is 4. The van der Waals surface area contributed by atoms with Crippen molar-refractivity contribution in [2.45, 2.75) is 19.1 Å². The molecule has 1 saturated heterocycles. The molecule has 1 unspecified atom stereocenters. The lowest BCUT2D eigenvalue weighted by atomic mass is 10.1. The molecule has 1 heterocycles. The molecular formula is C19H17ClF3N3O2. The molecule has 1 fully saturated rings. The quantitative estimate of drug-likeness (QED) is 0.783. The Morgan fingerprint density at radius 2 is 1.86 bits per heavy atom. The number of carbonyl (C=O) groups excluding carboxylic acids is 2. The van der Waals surface area contributed by atoms with Crippen LogP contribution in [0.15, 0.2) is 48.5 Å². The van der Waals surface area contributed by atoms with Crippen molar-refractivity contribution >= 4 is 34.9 Å². The molecule has 1 aliphatic rings. The minimum absolute atomic E-state index is 0.0907. The van der Waals surface area contributed by atoms with E-state index in [1.54, 1.807) is 31.2 Å². The summed E-state index contributed by atoms with van der Waals surface area (Å²) >= 11 is 5.89. The fourth-order valence-electron chi connectivity index (χ4n) is 3.02. The van der Waals surface area contributed by atoms with E-state index in [4.69, 9.17) is 11.6 Å². The molecule has 2 aromatic carbocycles. The Morgan fingerprint density at radius 1 is 1.14 bits per heavy atom. The van der Waals surface area contributed by atoms with Crippen LogP contribution in [0.5, 0.6) is 0 Å². The molecule has 0 bridgehead atoms. The van der Waals surface area contributed by atoms with Gasteiger partial charge in [-0.05, 0) is 43.3 Å². The number of benzene rings is 2. The van der Waals surface area contributed by atoms with Crippen LogP contribution >= 0.6 is 11.6 Å². The molecule has 0 saturated carbocycles. The first-order chi connectivity index (χ1) is 13.2. The zero-order chi connectivity index (χ0) is 20.5. The van der Waals surface area contributed by atoms with Gasteiger partial charge in [-0.3, -0.25) is 4.79 Å². The molecule has 2 aromatic rings. The summed E-state index contributed by atoms with van der Waals surface area (Å²) in [6.45, 7) is 1.81. The number of piperazine rings is 1. The van der Waals surface area contributed by atoms with Crippen LogP contribution in [0.4, 0.5) is 29.3 Å². The molecule has 0 aromatic heterocycles. The van der Waals surface area contributed by atoms with Crippen LogP contribution in [-0.2, 0) is 11.0 Å². The number of amides is 3. The van der Waals surface area contributed by atoms with E-state index in [0.29, 0.717) is 10.7 Å². The maximum Gasteiger partial charge on any atom is 0.416 e. The first kappa shape index (κ1) is 20.0. The number of alkyl halides is 3. The van der Waals surface area contributed by atoms with Crippen LogP contribution in [0.2, 0.25) is 5.02 Å². The Labute approximate surface area is 164 Å². The van der Waals surface area contributed by atoms with E-state index < -0.39 is 29.7 Å². The van der Waals surface area contributed by atoms with Crippen molar-refractivity contribution in [3.05, 3.63) is 59.1 Å². The van der Waals surface area contributed by atoms with Crippen LogP contribution in [-0.4, -0.2) is 36.0 Å². The van der Waals surface area contributed by atoms with Crippen LogP contribution in [0.25, 0.3) is 0 Å². The lowest BCUT2D eigenvalue weighted by molar-refractivity contribution is -0.137. The summed E-state index contributed by atoms with van der Waals surface area (Å²) in [7, 11) is 0. The van der Waals surface area contributed by atoms with Gasteiger partial charge in [-0.1, -0.05) is 23.7 Å². The number of nitrogens with zero attached hydrogens (tertiary/aromatic N) is 2. The number of hydrogen-bond acceptors (Lipinski definition) is 2. The minimum Gasteiger partial charge on any atom is -0.311 e. The average molecular weight is 412 g/mol. The second kappa shape index (κ2) is 7.71. The molecule has 0 spiro atoms. The number of nitrogens with one attached hydrogen (secondary N) is 1. The van der Waals surface area contributed by atoms with Gasteiger partial charge in [-0.2, -0.15) is 13.2 Å². The van der Waals surface area contributed by atoms with Gasteiger partial charge in [0.15, 0.2) is 0 Å². The molecule has 148 valence electrons. The smallest absolute Gasteiger partial charge is 0.311 e. The minimum atomic E-state index is -4.50. The van der Waals surface area contributed by atoms with Crippen molar-refractivity contribution in [1.29, 1.82) is 0 Å². The molecule has 28 heavy (non-hydrogen) atoms. The standard InChI is InChI=1S/C19H17ClF3N3O2/c1-12-17(27)26(16-7-2-4-13(10-16)19(21,22)23)9-8-25(12)18(28)24-15-6-3-5-14(20)11-15/h2-7,10-12H,8-9H2,1H3,(H,24,28). The summed E-state index contributed by atoms with van der Waals surface area (Å²) in [5.74, 6) is -0.452. The monoisotopic (exact) mass is 411 g/mol. The van der Waals surface area contributed by atoms with Gasteiger partial charge in [0, 0.05) is 29.5 Å². The first-order valence-corrected chi connectivity index (χ1v) is 8.86. The van der Waals surface area contributed by atoms with Crippen molar-refractivity contribution < 1.29 is 22.8 Å². The molecule has 3 rings (SSSR count). The Kier molecular flexibility index (Phi) is 5.51. The molecule has 1 atom stereocenters. The van der Waals surface area contributed by atoms with Crippen molar-refractivity contribution in [2.24, 2.45) is 0 Å². The molecular weight excluding hydrogens is 395 g/mol. The Balaban J connectivity index is 1.74. The number of urea groups is 1. The third kappa shape index (κ3) is 4.22. The lowest BCUT2D eigenvalue weighted by Gasteiger charge is -2.39. The van der Waals surface area contributed by atoms with Crippen molar-refractivity contribution in [1.82, 2.24) is 4.90 Å². The summed E-state index contributed by atoms with van der Waals surface area (Å²) in [6.07, 6.45) is -4.50. The average Bonchev–Trinajstić information content (AvgIpc) is 2.63. The highest BCUT2D eigenvalue weighted by Crippen LogP contribution is 2.32. The van der Waals surface area contributed by atoms with Gasteiger partial charge in [0.2, 0.25) is 5.91 Å². The van der Waals surface area contributed by atoms with E-state index in [1.807, 2.05) is 0 Å². The van der Waals surface area contributed by atoms with Crippen LogP contribution in [0.3, 0.4) is 0 Å². The predicted octanol–water partition coefficient (Wildman–Crippen LogP) is 4.63. The Morgan fingerprint density at radius 3 is 2.54 bits per heavy atom. The van der Waals surface area contributed by atoms with Gasteiger partial charge in [-0.25, -0.2) is 4.79 Å². The summed E-state index contributed by atoms with van der Waals surface area (Å²) in [5, 5.41) is 3.12. The van der Waals surface area contributed by atoms with Crippen LogP contribution in [0.1, 0.15) is 12.5 Å². The zero-order valence-corrected chi connectivity index (χ0v) is 15.6. The lowest BCUT2D eigenvalue weighted by Crippen LogP contribution is -2.58. The predicted molar refractivity (Wildman–Crippen MR) is 100 cm³/mol. The first-order valence-electron chi connectivity index (χ1n) is 8.48. The number of anilines is 2. The van der Waals surface area contributed by atoms with Gasteiger partial charge < -0.3 is 15.1 Å². The van der Waals surface area contributed by atoms with Crippen molar-refractivity contribution in [3.8, 4) is 0 Å². The van der Waals surface area contributed by atoms with Gasteiger partial charge >= 0.3 is 12.2 Å². The molecule has 0 radical (unpaired) electrons. The summed E-state index contributed by atoms with van der Waals surface area (Å²) in [4.78, 5) is 27.8. The highest BCUT2D eigenvalue weighted by atomic mass is 35.5. The van der Waals surface area contributed by atoms with Crippen LogP contribution < -0.4 is 10.2 Å². The number of hydrogen-bond donors (Lipinski definition) is 1. The fraction of sp³-hybridized carbons (Fsp3) is 0.263. The SMILES string of the molecule is CC1C(=O)N(c2cccc(C(F)(F)F)c2)CCN1C(=O)Nc1cccc(Cl)c1.